The molecule has 120 valence electrons. The van der Waals surface area contributed by atoms with Crippen LogP contribution in [-0.4, -0.2) is 15.9 Å². The zero-order valence-corrected chi connectivity index (χ0v) is 14.5. The molecular weight excluding hydrogens is 306 g/mol. The van der Waals surface area contributed by atoms with Crippen molar-refractivity contribution in [3.8, 4) is 0 Å². The number of allylic oxidation sites excluding steroid dienone is 2. The molecule has 0 aromatic carbocycles. The SMILES string of the molecule is CC1=C(c2cnc(NC(=O)c3ccncc3C)s2)CC(C)CC1. The lowest BCUT2D eigenvalue weighted by Gasteiger charge is -2.22. The van der Waals surface area contributed by atoms with Gasteiger partial charge >= 0.3 is 0 Å². The van der Waals surface area contributed by atoms with Gasteiger partial charge in [0.15, 0.2) is 5.13 Å². The smallest absolute Gasteiger partial charge is 0.257 e. The third-order valence-electron chi connectivity index (χ3n) is 4.37. The molecular formula is C18H21N3OS. The van der Waals surface area contributed by atoms with Crippen LogP contribution < -0.4 is 5.32 Å². The molecule has 1 amide bonds. The molecule has 0 saturated carbocycles. The van der Waals surface area contributed by atoms with Crippen molar-refractivity contribution >= 4 is 27.9 Å². The van der Waals surface area contributed by atoms with Crippen molar-refractivity contribution in [2.45, 2.75) is 40.0 Å². The molecule has 23 heavy (non-hydrogen) atoms. The number of thiazole rings is 1. The molecule has 1 unspecified atom stereocenters. The first-order valence-corrected chi connectivity index (χ1v) is 8.73. The zero-order valence-electron chi connectivity index (χ0n) is 13.7. The van der Waals surface area contributed by atoms with Gasteiger partial charge in [0.05, 0.1) is 4.88 Å². The van der Waals surface area contributed by atoms with Crippen molar-refractivity contribution in [2.75, 3.05) is 5.32 Å². The second-order valence-corrected chi connectivity index (χ2v) is 7.31. The fraction of sp³-hybridized carbons (Fsp3) is 0.389. The maximum atomic E-state index is 12.4. The summed E-state index contributed by atoms with van der Waals surface area (Å²) in [5.74, 6) is 0.585. The Balaban J connectivity index is 1.78. The van der Waals surface area contributed by atoms with E-state index in [4.69, 9.17) is 0 Å². The molecule has 4 nitrogen and oxygen atoms in total. The van der Waals surface area contributed by atoms with Crippen LogP contribution in [-0.2, 0) is 0 Å². The molecule has 1 aliphatic carbocycles. The standard InChI is InChI=1S/C18H21N3OS/c1-11-4-5-12(2)15(8-11)16-10-20-18(23-16)21-17(22)14-6-7-19-9-13(14)3/h6-7,9-11H,4-5,8H2,1-3H3,(H,20,21,22). The van der Waals surface area contributed by atoms with E-state index in [1.54, 1.807) is 29.8 Å². The number of hydrogen-bond acceptors (Lipinski definition) is 4. The van der Waals surface area contributed by atoms with Crippen molar-refractivity contribution in [3.05, 3.63) is 46.2 Å². The van der Waals surface area contributed by atoms with Crippen LogP contribution in [0.3, 0.4) is 0 Å². The van der Waals surface area contributed by atoms with Crippen LogP contribution in [0, 0.1) is 12.8 Å². The molecule has 0 aliphatic heterocycles. The predicted octanol–water partition coefficient (Wildman–Crippen LogP) is 4.69. The number of amides is 1. The molecule has 1 aliphatic rings. The Morgan fingerprint density at radius 3 is 2.96 bits per heavy atom. The van der Waals surface area contributed by atoms with Gasteiger partial charge in [-0.2, -0.15) is 0 Å². The molecule has 0 radical (unpaired) electrons. The van der Waals surface area contributed by atoms with E-state index < -0.39 is 0 Å². The Labute approximate surface area is 140 Å². The van der Waals surface area contributed by atoms with E-state index in [-0.39, 0.29) is 5.91 Å². The lowest BCUT2D eigenvalue weighted by atomic mass is 9.85. The van der Waals surface area contributed by atoms with E-state index in [2.05, 4.69) is 29.1 Å². The van der Waals surface area contributed by atoms with Crippen LogP contribution >= 0.6 is 11.3 Å². The van der Waals surface area contributed by atoms with Gasteiger partial charge in [0.25, 0.3) is 5.91 Å². The van der Waals surface area contributed by atoms with Crippen molar-refractivity contribution in [1.82, 2.24) is 9.97 Å². The minimum atomic E-state index is -0.131. The number of hydrogen-bond donors (Lipinski definition) is 1. The molecule has 0 bridgehead atoms. The first-order chi connectivity index (χ1) is 11.0. The van der Waals surface area contributed by atoms with Crippen molar-refractivity contribution < 1.29 is 4.79 Å². The first-order valence-electron chi connectivity index (χ1n) is 7.91. The van der Waals surface area contributed by atoms with E-state index in [0.29, 0.717) is 16.6 Å². The quantitative estimate of drug-likeness (QED) is 0.889. The topological polar surface area (TPSA) is 54.9 Å². The van der Waals surface area contributed by atoms with E-state index in [0.717, 1.165) is 18.4 Å². The van der Waals surface area contributed by atoms with E-state index in [1.807, 2.05) is 13.1 Å². The lowest BCUT2D eigenvalue weighted by molar-refractivity contribution is 0.102. The summed E-state index contributed by atoms with van der Waals surface area (Å²) >= 11 is 1.56. The Bertz CT molecular complexity index is 763. The van der Waals surface area contributed by atoms with Crippen LogP contribution in [0.4, 0.5) is 5.13 Å². The highest BCUT2D eigenvalue weighted by Crippen LogP contribution is 2.38. The summed E-state index contributed by atoms with van der Waals surface area (Å²) in [5.41, 5.74) is 4.36. The number of nitrogens with zero attached hydrogens (tertiary/aromatic N) is 2. The maximum absolute atomic E-state index is 12.4. The summed E-state index contributed by atoms with van der Waals surface area (Å²) in [5, 5.41) is 3.56. The Morgan fingerprint density at radius 1 is 1.35 bits per heavy atom. The first kappa shape index (κ1) is 15.9. The highest BCUT2D eigenvalue weighted by Gasteiger charge is 2.19. The van der Waals surface area contributed by atoms with E-state index in [1.165, 1.54) is 22.4 Å². The summed E-state index contributed by atoms with van der Waals surface area (Å²) in [4.78, 5) is 21.9. The third-order valence-corrected chi connectivity index (χ3v) is 5.34. The fourth-order valence-electron chi connectivity index (χ4n) is 2.91. The van der Waals surface area contributed by atoms with Crippen LogP contribution in [0.2, 0.25) is 0 Å². The molecule has 0 saturated heterocycles. The third kappa shape index (κ3) is 3.50. The summed E-state index contributed by atoms with van der Waals surface area (Å²) in [7, 11) is 0. The highest BCUT2D eigenvalue weighted by atomic mass is 32.1. The number of anilines is 1. The fourth-order valence-corrected chi connectivity index (χ4v) is 3.86. The largest absolute Gasteiger partial charge is 0.298 e. The molecule has 2 heterocycles. The molecule has 0 spiro atoms. The second kappa shape index (κ2) is 6.62. The van der Waals surface area contributed by atoms with Gasteiger partial charge in [-0.3, -0.25) is 15.1 Å². The van der Waals surface area contributed by atoms with Crippen LogP contribution in [0.15, 0.2) is 30.2 Å². The number of aryl methyl sites for hydroxylation is 1. The average molecular weight is 327 g/mol. The summed E-state index contributed by atoms with van der Waals surface area (Å²) < 4.78 is 0. The molecule has 1 atom stereocenters. The molecule has 1 N–H and O–H groups in total. The minimum Gasteiger partial charge on any atom is -0.298 e. The summed E-state index contributed by atoms with van der Waals surface area (Å²) in [6.45, 7) is 6.38. The van der Waals surface area contributed by atoms with Gasteiger partial charge in [-0.25, -0.2) is 4.98 Å². The average Bonchev–Trinajstić information content (AvgIpc) is 2.98. The number of pyridine rings is 1. The van der Waals surface area contributed by atoms with E-state index in [9.17, 15) is 4.79 Å². The van der Waals surface area contributed by atoms with Crippen molar-refractivity contribution in [3.63, 3.8) is 0 Å². The predicted molar refractivity (Wildman–Crippen MR) is 94.7 cm³/mol. The highest BCUT2D eigenvalue weighted by molar-refractivity contribution is 7.16. The number of rotatable bonds is 3. The number of carbonyl (C=O) groups is 1. The zero-order chi connectivity index (χ0) is 16.4. The number of aromatic nitrogens is 2. The number of nitrogens with one attached hydrogen (secondary N) is 1. The van der Waals surface area contributed by atoms with E-state index >= 15 is 0 Å². The Hall–Kier alpha value is -2.01. The van der Waals surface area contributed by atoms with Gasteiger partial charge in [0.2, 0.25) is 0 Å². The van der Waals surface area contributed by atoms with Crippen molar-refractivity contribution in [1.29, 1.82) is 0 Å². The van der Waals surface area contributed by atoms with Gasteiger partial charge in [-0.1, -0.05) is 23.8 Å². The molecule has 3 rings (SSSR count). The maximum Gasteiger partial charge on any atom is 0.257 e. The van der Waals surface area contributed by atoms with Gasteiger partial charge < -0.3 is 0 Å². The van der Waals surface area contributed by atoms with Gasteiger partial charge in [-0.15, -0.1) is 0 Å². The monoisotopic (exact) mass is 327 g/mol. The molecule has 5 heteroatoms. The van der Waals surface area contributed by atoms with Gasteiger partial charge in [0.1, 0.15) is 0 Å². The molecule has 2 aromatic rings. The lowest BCUT2D eigenvalue weighted by Crippen LogP contribution is -2.13. The number of carbonyl (C=O) groups excluding carboxylic acids is 1. The second-order valence-electron chi connectivity index (χ2n) is 6.28. The molecule has 0 fully saturated rings. The summed E-state index contributed by atoms with van der Waals surface area (Å²) in [6.07, 6.45) is 8.74. The normalized spacial score (nSPS) is 18.1. The van der Waals surface area contributed by atoms with Gasteiger partial charge in [-0.05, 0) is 56.2 Å². The van der Waals surface area contributed by atoms with Crippen LogP contribution in [0.5, 0.6) is 0 Å². The summed E-state index contributed by atoms with van der Waals surface area (Å²) in [6, 6.07) is 1.73. The van der Waals surface area contributed by atoms with Crippen molar-refractivity contribution in [2.24, 2.45) is 5.92 Å². The van der Waals surface area contributed by atoms with Gasteiger partial charge in [0, 0.05) is 24.2 Å². The Kier molecular flexibility index (Phi) is 4.57. The Morgan fingerprint density at radius 2 is 2.17 bits per heavy atom. The van der Waals surface area contributed by atoms with Crippen LogP contribution in [0.1, 0.15) is 53.9 Å². The molecule has 2 aromatic heterocycles. The minimum absolute atomic E-state index is 0.131. The van der Waals surface area contributed by atoms with Crippen LogP contribution in [0.25, 0.3) is 5.57 Å².